The van der Waals surface area contributed by atoms with E-state index in [1.54, 1.807) is 0 Å². The minimum Gasteiger partial charge on any atom is -0.490 e. The van der Waals surface area contributed by atoms with Gasteiger partial charge in [-0.15, -0.1) is 0 Å². The van der Waals surface area contributed by atoms with E-state index in [1.807, 2.05) is 0 Å². The number of esters is 1. The van der Waals surface area contributed by atoms with Crippen LogP contribution in [0.25, 0.3) is 0 Å². The van der Waals surface area contributed by atoms with Gasteiger partial charge in [-0.05, 0) is 165 Å². The first-order valence-corrected chi connectivity index (χ1v) is 19.1. The minimum atomic E-state index is -0.0819. The molecule has 6 rings (SSSR count). The molecule has 0 saturated heterocycles. The molecule has 0 heterocycles. The number of hydrogen-bond donors (Lipinski definition) is 1. The third-order valence-corrected chi connectivity index (χ3v) is 12.1. The lowest BCUT2D eigenvalue weighted by molar-refractivity contribution is -0.145. The van der Waals surface area contributed by atoms with Crippen LogP contribution >= 0.6 is 0 Å². The average molecular weight is 661 g/mol. The van der Waals surface area contributed by atoms with Gasteiger partial charge in [-0.3, -0.25) is 4.79 Å². The van der Waals surface area contributed by atoms with Crippen LogP contribution in [-0.4, -0.2) is 37.0 Å². The summed E-state index contributed by atoms with van der Waals surface area (Å²) in [5.74, 6) is 4.06. The number of aliphatic hydroxyl groups excluding tert-OH is 1. The molecule has 2 aromatic carbocycles. The SMILES string of the molecule is CC(C)(C)C1CCC(Oc2ccc3c(c2)CCC(CO)C3)CC1.COC(=O)C1CCc2cc(OC3CCC(C(C)(C)C)CC3)ccc2C1. The van der Waals surface area contributed by atoms with Crippen LogP contribution in [0, 0.1) is 34.5 Å². The molecular weight excluding hydrogens is 596 g/mol. The quantitative estimate of drug-likeness (QED) is 0.313. The highest BCUT2D eigenvalue weighted by Crippen LogP contribution is 2.40. The fraction of sp³-hybridized carbons (Fsp3) is 0.698. The fourth-order valence-electron chi connectivity index (χ4n) is 8.69. The summed E-state index contributed by atoms with van der Waals surface area (Å²) in [7, 11) is 1.48. The van der Waals surface area contributed by atoms with E-state index in [-0.39, 0.29) is 11.9 Å². The lowest BCUT2D eigenvalue weighted by atomic mass is 9.72. The standard InChI is InChI=1S/C22H32O3.C21H32O2/c1-22(2,3)18-8-11-19(12-9-18)25-20-10-7-15-13-17(21(23)24-4)6-5-16(15)14-20;1-21(2,3)18-7-10-19(11-8-18)23-20-9-6-16-12-15(14-22)4-5-17(16)13-20/h7,10,14,17-19H,5-6,8-9,11-13H2,1-4H3;6,9,13,15,18-19,22H,4-5,7-8,10-12,14H2,1-3H3. The first-order valence-electron chi connectivity index (χ1n) is 19.1. The maximum atomic E-state index is 11.8. The van der Waals surface area contributed by atoms with Crippen molar-refractivity contribution in [3.63, 3.8) is 0 Å². The van der Waals surface area contributed by atoms with Gasteiger partial charge in [-0.1, -0.05) is 53.7 Å². The molecule has 2 atom stereocenters. The molecule has 4 aliphatic rings. The van der Waals surface area contributed by atoms with Gasteiger partial charge in [0.1, 0.15) is 11.5 Å². The Kier molecular flexibility index (Phi) is 12.2. The van der Waals surface area contributed by atoms with E-state index in [9.17, 15) is 9.90 Å². The van der Waals surface area contributed by atoms with E-state index in [4.69, 9.17) is 14.2 Å². The number of ether oxygens (including phenoxy) is 3. The zero-order valence-corrected chi connectivity index (χ0v) is 31.1. The molecule has 2 aromatic rings. The van der Waals surface area contributed by atoms with Crippen LogP contribution in [0.4, 0.5) is 0 Å². The average Bonchev–Trinajstić information content (AvgIpc) is 3.07. The molecule has 0 radical (unpaired) electrons. The van der Waals surface area contributed by atoms with E-state index in [0.29, 0.717) is 35.6 Å². The summed E-state index contributed by atoms with van der Waals surface area (Å²) in [5, 5.41) is 9.34. The van der Waals surface area contributed by atoms with Crippen molar-refractivity contribution in [3.05, 3.63) is 58.7 Å². The lowest BCUT2D eigenvalue weighted by Crippen LogP contribution is -2.30. The number of carbonyl (C=O) groups is 1. The van der Waals surface area contributed by atoms with Crippen LogP contribution in [0.15, 0.2) is 36.4 Å². The fourth-order valence-corrected chi connectivity index (χ4v) is 8.69. The molecule has 48 heavy (non-hydrogen) atoms. The van der Waals surface area contributed by atoms with Crippen molar-refractivity contribution >= 4 is 5.97 Å². The zero-order chi connectivity index (χ0) is 34.5. The normalized spacial score (nSPS) is 27.4. The molecule has 0 aromatic heterocycles. The molecule has 5 heteroatoms. The number of carbonyl (C=O) groups excluding carboxylic acids is 1. The van der Waals surface area contributed by atoms with Gasteiger partial charge in [0.15, 0.2) is 0 Å². The number of aryl methyl sites for hydroxylation is 2. The molecule has 2 fully saturated rings. The molecular formula is C43H64O5. The molecule has 2 saturated carbocycles. The lowest BCUT2D eigenvalue weighted by Gasteiger charge is -2.37. The summed E-state index contributed by atoms with van der Waals surface area (Å²) < 4.78 is 17.5. The first-order chi connectivity index (χ1) is 22.8. The molecule has 5 nitrogen and oxygen atoms in total. The zero-order valence-electron chi connectivity index (χ0n) is 31.1. The second-order valence-corrected chi connectivity index (χ2v) is 17.5. The summed E-state index contributed by atoms with van der Waals surface area (Å²) in [4.78, 5) is 11.8. The van der Waals surface area contributed by atoms with E-state index in [2.05, 4.69) is 77.9 Å². The largest absolute Gasteiger partial charge is 0.490 e. The number of hydrogen-bond acceptors (Lipinski definition) is 5. The molecule has 0 bridgehead atoms. The molecule has 4 aliphatic carbocycles. The van der Waals surface area contributed by atoms with E-state index >= 15 is 0 Å². The predicted molar refractivity (Wildman–Crippen MR) is 195 cm³/mol. The monoisotopic (exact) mass is 660 g/mol. The Labute approximate surface area is 291 Å². The highest BCUT2D eigenvalue weighted by molar-refractivity contribution is 5.73. The minimum absolute atomic E-state index is 0.0111. The summed E-state index contributed by atoms with van der Waals surface area (Å²) in [6, 6.07) is 13.0. The van der Waals surface area contributed by atoms with Crippen LogP contribution in [0.5, 0.6) is 11.5 Å². The van der Waals surface area contributed by atoms with E-state index in [0.717, 1.165) is 74.7 Å². The van der Waals surface area contributed by atoms with Gasteiger partial charge >= 0.3 is 5.97 Å². The molecule has 266 valence electrons. The highest BCUT2D eigenvalue weighted by Gasteiger charge is 2.32. The van der Waals surface area contributed by atoms with Crippen molar-refractivity contribution in [2.24, 2.45) is 34.5 Å². The number of fused-ring (bicyclic) bond motifs is 2. The Bertz CT molecular complexity index is 1330. The molecule has 2 unspecified atom stereocenters. The van der Waals surface area contributed by atoms with E-state index < -0.39 is 0 Å². The van der Waals surface area contributed by atoms with Crippen LogP contribution < -0.4 is 9.47 Å². The molecule has 0 amide bonds. The van der Waals surface area contributed by atoms with Crippen LogP contribution in [0.2, 0.25) is 0 Å². The van der Waals surface area contributed by atoms with Crippen LogP contribution in [0.1, 0.15) is 128 Å². The predicted octanol–water partition coefficient (Wildman–Crippen LogP) is 9.72. The summed E-state index contributed by atoms with van der Waals surface area (Å²) >= 11 is 0. The van der Waals surface area contributed by atoms with Crippen molar-refractivity contribution in [3.8, 4) is 11.5 Å². The second-order valence-electron chi connectivity index (χ2n) is 17.5. The smallest absolute Gasteiger partial charge is 0.309 e. The van der Waals surface area contributed by atoms with Crippen molar-refractivity contribution < 1.29 is 24.1 Å². The van der Waals surface area contributed by atoms with Gasteiger partial charge in [0.25, 0.3) is 0 Å². The van der Waals surface area contributed by atoms with Crippen molar-refractivity contribution in [2.45, 2.75) is 144 Å². The summed E-state index contributed by atoms with van der Waals surface area (Å²) in [5.41, 5.74) is 6.27. The number of methoxy groups -OCH3 is 1. The van der Waals surface area contributed by atoms with Crippen molar-refractivity contribution in [1.29, 1.82) is 0 Å². The van der Waals surface area contributed by atoms with E-state index in [1.165, 1.54) is 67.9 Å². The second kappa shape index (κ2) is 16.0. The van der Waals surface area contributed by atoms with Gasteiger partial charge in [-0.25, -0.2) is 0 Å². The number of benzene rings is 2. The maximum Gasteiger partial charge on any atom is 0.309 e. The van der Waals surface area contributed by atoms with Crippen molar-refractivity contribution in [1.82, 2.24) is 0 Å². The third-order valence-electron chi connectivity index (χ3n) is 12.1. The summed E-state index contributed by atoms with van der Waals surface area (Å²) in [6.07, 6.45) is 16.3. The Balaban J connectivity index is 0.000000188. The Morgan fingerprint density at radius 3 is 1.54 bits per heavy atom. The van der Waals surface area contributed by atoms with Crippen LogP contribution in [0.3, 0.4) is 0 Å². The molecule has 1 N–H and O–H groups in total. The van der Waals surface area contributed by atoms with Gasteiger partial charge < -0.3 is 19.3 Å². The summed E-state index contributed by atoms with van der Waals surface area (Å²) in [6.45, 7) is 14.5. The van der Waals surface area contributed by atoms with Gasteiger partial charge in [0, 0.05) is 6.61 Å². The number of rotatable bonds is 6. The van der Waals surface area contributed by atoms with Crippen molar-refractivity contribution in [2.75, 3.05) is 13.7 Å². The Morgan fingerprint density at radius 1 is 0.646 bits per heavy atom. The Morgan fingerprint density at radius 2 is 1.10 bits per heavy atom. The van der Waals surface area contributed by atoms with Crippen LogP contribution in [-0.2, 0) is 35.2 Å². The first kappa shape index (κ1) is 36.7. The third kappa shape index (κ3) is 9.79. The Hall–Kier alpha value is -2.53. The number of aliphatic hydroxyl groups is 1. The maximum absolute atomic E-state index is 11.8. The topological polar surface area (TPSA) is 65.0 Å². The van der Waals surface area contributed by atoms with Gasteiger partial charge in [-0.2, -0.15) is 0 Å². The van der Waals surface area contributed by atoms with Gasteiger partial charge in [0.2, 0.25) is 0 Å². The van der Waals surface area contributed by atoms with Gasteiger partial charge in [0.05, 0.1) is 25.2 Å². The highest BCUT2D eigenvalue weighted by atomic mass is 16.5. The molecule has 0 spiro atoms. The molecule has 0 aliphatic heterocycles.